The van der Waals surface area contributed by atoms with E-state index in [1.807, 2.05) is 60.7 Å². The number of alkyl halides is 12. The zero-order valence-corrected chi connectivity index (χ0v) is 38.6. The third-order valence-corrected chi connectivity index (χ3v) is 16.6. The molecule has 0 aromatic heterocycles. The zero-order valence-electron chi connectivity index (χ0n) is 37.0. The van der Waals surface area contributed by atoms with E-state index in [0.29, 0.717) is 73.6 Å². The van der Waals surface area contributed by atoms with Crippen LogP contribution in [0.15, 0.2) is 97.1 Å². The monoisotopic (exact) mass is 1040 g/mol. The predicted molar refractivity (Wildman–Crippen MR) is 230 cm³/mol. The van der Waals surface area contributed by atoms with Crippen molar-refractivity contribution in [2.75, 3.05) is 0 Å². The summed E-state index contributed by atoms with van der Waals surface area (Å²) in [7, 11) is -11.7. The van der Waals surface area contributed by atoms with Crippen molar-refractivity contribution >= 4 is 20.2 Å². The minimum Gasteiger partial charge on any atom is -0.380 e. The molecule has 4 aliphatic carbocycles. The predicted octanol–water partition coefficient (Wildman–Crippen LogP) is 11.7. The van der Waals surface area contributed by atoms with Crippen LogP contribution in [-0.4, -0.2) is 61.6 Å². The number of hydrogen-bond donors (Lipinski definition) is 2. The maximum atomic E-state index is 13.7. The smallest absolute Gasteiger partial charge is 0.380 e. The first-order valence-electron chi connectivity index (χ1n) is 22.3. The van der Waals surface area contributed by atoms with Crippen molar-refractivity contribution in [3.05, 3.63) is 130 Å². The van der Waals surface area contributed by atoms with Crippen LogP contribution >= 0.6 is 0 Å². The first-order valence-corrected chi connectivity index (χ1v) is 25.1. The molecular weight excluding hydrogens is 997 g/mol. The van der Waals surface area contributed by atoms with Crippen LogP contribution in [0.1, 0.15) is 97.6 Å². The maximum absolute atomic E-state index is 13.7. The number of halogens is 12. The van der Waals surface area contributed by atoms with E-state index >= 15 is 0 Å². The standard InChI is InChI=1S/2C24H24F6O4S/c2*25-23(26,27)22(31)12-11-21(14-16-5-2-1-3-6-16)18(15-22)8-4-7-17-13-19(9-10-20(17)21)34-35(32,33)24(28,29)30/h2*1-3,5-6,9-10,13,18,31H,4,7-8,11-12,14-15H2/t2*18-,21+,22-/m10/s1. The molecule has 0 aliphatic heterocycles. The second kappa shape index (κ2) is 18.8. The van der Waals surface area contributed by atoms with E-state index in [2.05, 4.69) is 8.37 Å². The molecule has 0 bridgehead atoms. The number of aliphatic hydroxyl groups is 2. The molecule has 4 aromatic rings. The summed E-state index contributed by atoms with van der Waals surface area (Å²) in [6.07, 6.45) is -8.54. The van der Waals surface area contributed by atoms with Crippen molar-refractivity contribution < 1.29 is 88.1 Å². The Labute approximate surface area is 396 Å². The van der Waals surface area contributed by atoms with Crippen molar-refractivity contribution in [1.29, 1.82) is 0 Å². The van der Waals surface area contributed by atoms with Crippen LogP contribution in [0.25, 0.3) is 0 Å². The van der Waals surface area contributed by atoms with Gasteiger partial charge in [-0.25, -0.2) is 0 Å². The fourth-order valence-electron chi connectivity index (χ4n) is 11.3. The molecule has 2 fully saturated rings. The van der Waals surface area contributed by atoms with Gasteiger partial charge in [0.25, 0.3) is 0 Å². The Morgan fingerprint density at radius 1 is 0.500 bits per heavy atom. The molecule has 2 saturated carbocycles. The van der Waals surface area contributed by atoms with Gasteiger partial charge in [-0.3, -0.25) is 0 Å². The largest absolute Gasteiger partial charge is 0.534 e. The van der Waals surface area contributed by atoms with Crippen LogP contribution < -0.4 is 8.37 Å². The first-order chi connectivity index (χ1) is 32.3. The Bertz CT molecular complexity index is 2540. The fraction of sp³-hybridized carbons (Fsp3) is 0.500. The van der Waals surface area contributed by atoms with Gasteiger partial charge in [-0.1, -0.05) is 72.8 Å². The van der Waals surface area contributed by atoms with E-state index in [1.165, 1.54) is 24.3 Å². The minimum atomic E-state index is -5.86. The van der Waals surface area contributed by atoms with Gasteiger partial charge in [0.2, 0.25) is 0 Å². The summed E-state index contributed by atoms with van der Waals surface area (Å²) < 4.78 is 214. The topological polar surface area (TPSA) is 127 Å². The van der Waals surface area contributed by atoms with Crippen LogP contribution in [0.2, 0.25) is 0 Å². The molecule has 0 unspecified atom stereocenters. The van der Waals surface area contributed by atoms with Crippen LogP contribution in [-0.2, 0) is 56.7 Å². The van der Waals surface area contributed by atoms with Gasteiger partial charge in [0.15, 0.2) is 11.2 Å². The molecular formula is C48H48F12O8S2. The van der Waals surface area contributed by atoms with Crippen molar-refractivity contribution in [3.63, 3.8) is 0 Å². The number of rotatable bonds is 8. The van der Waals surface area contributed by atoms with Crippen LogP contribution in [0.5, 0.6) is 11.5 Å². The lowest BCUT2D eigenvalue weighted by molar-refractivity contribution is -0.279. The molecule has 4 aromatic carbocycles. The molecule has 0 heterocycles. The third kappa shape index (κ3) is 10.5. The third-order valence-electron chi connectivity index (χ3n) is 14.7. The van der Waals surface area contributed by atoms with Gasteiger partial charge < -0.3 is 18.6 Å². The summed E-state index contributed by atoms with van der Waals surface area (Å²) in [6, 6.07) is 25.9. The van der Waals surface area contributed by atoms with Crippen molar-refractivity contribution in [3.8, 4) is 11.5 Å². The lowest BCUT2D eigenvalue weighted by Gasteiger charge is -2.50. The molecule has 0 saturated heterocycles. The van der Waals surface area contributed by atoms with Gasteiger partial charge in [-0.2, -0.15) is 69.5 Å². The number of fused-ring (bicyclic) bond motifs is 6. The van der Waals surface area contributed by atoms with Gasteiger partial charge >= 0.3 is 43.6 Å². The Morgan fingerprint density at radius 3 is 1.16 bits per heavy atom. The minimum absolute atomic E-state index is 0.0105. The van der Waals surface area contributed by atoms with Gasteiger partial charge in [0.1, 0.15) is 11.5 Å². The second-order valence-electron chi connectivity index (χ2n) is 18.9. The summed E-state index contributed by atoms with van der Waals surface area (Å²) >= 11 is 0. The molecule has 0 amide bonds. The lowest BCUT2D eigenvalue weighted by Crippen LogP contribution is -2.55. The Kier molecular flexibility index (Phi) is 14.3. The summed E-state index contributed by atoms with van der Waals surface area (Å²) in [5.41, 5.74) is -14.3. The van der Waals surface area contributed by atoms with Crippen LogP contribution in [0.4, 0.5) is 52.7 Å². The number of benzene rings is 4. The van der Waals surface area contributed by atoms with Gasteiger partial charge in [-0.15, -0.1) is 0 Å². The molecule has 8 rings (SSSR count). The molecule has 0 radical (unpaired) electrons. The SMILES string of the molecule is O=S(=O)(Oc1ccc2c(c1)CCC[C@@H]1C[C@@](O)(C(F)(F)F)CC[C@@]21Cc1ccccc1)C(F)(F)F.O=S(=O)(Oc1ccc2c(c1)CCC[C@H]1C[C@](O)(C(F)(F)F)CC[C@]21Cc1ccccc1)C(F)(F)F. The quantitative estimate of drug-likeness (QED) is 0.101. The molecule has 4 aliphatic rings. The number of hydrogen-bond acceptors (Lipinski definition) is 8. The van der Waals surface area contributed by atoms with Crippen LogP contribution in [0, 0.1) is 11.8 Å². The Balaban J connectivity index is 0.000000206. The summed E-state index contributed by atoms with van der Waals surface area (Å²) in [5, 5.41) is 21.0. The Hall–Kier alpha value is -4.54. The number of aryl methyl sites for hydroxylation is 2. The van der Waals surface area contributed by atoms with Crippen molar-refractivity contribution in [2.24, 2.45) is 11.8 Å². The molecule has 70 heavy (non-hydrogen) atoms. The highest BCUT2D eigenvalue weighted by atomic mass is 32.2. The molecule has 6 atom stereocenters. The molecule has 8 nitrogen and oxygen atoms in total. The molecule has 384 valence electrons. The van der Waals surface area contributed by atoms with Crippen molar-refractivity contribution in [2.45, 2.75) is 135 Å². The Morgan fingerprint density at radius 2 is 0.843 bits per heavy atom. The highest BCUT2D eigenvalue weighted by molar-refractivity contribution is 7.88. The zero-order chi connectivity index (χ0) is 51.4. The molecule has 0 spiro atoms. The molecule has 2 N–H and O–H groups in total. The van der Waals surface area contributed by atoms with E-state index in [4.69, 9.17) is 0 Å². The van der Waals surface area contributed by atoms with Gasteiger partial charge in [-0.05, 0) is 159 Å². The van der Waals surface area contributed by atoms with Crippen LogP contribution in [0.3, 0.4) is 0 Å². The second-order valence-corrected chi connectivity index (χ2v) is 22.0. The maximum Gasteiger partial charge on any atom is 0.534 e. The van der Waals surface area contributed by atoms with Crippen molar-refractivity contribution in [1.82, 2.24) is 0 Å². The lowest BCUT2D eigenvalue weighted by atomic mass is 9.56. The fourth-order valence-corrected chi connectivity index (χ4v) is 12.2. The van der Waals surface area contributed by atoms with E-state index in [9.17, 15) is 79.7 Å². The summed E-state index contributed by atoms with van der Waals surface area (Å²) in [4.78, 5) is 0. The summed E-state index contributed by atoms with van der Waals surface area (Å²) in [5.74, 6) is -2.10. The highest BCUT2D eigenvalue weighted by Crippen LogP contribution is 2.58. The van der Waals surface area contributed by atoms with Gasteiger partial charge in [0, 0.05) is 10.8 Å². The van der Waals surface area contributed by atoms with E-state index < -0.39 is 115 Å². The molecule has 22 heteroatoms. The van der Waals surface area contributed by atoms with E-state index in [-0.39, 0.29) is 12.8 Å². The normalized spacial score (nSPS) is 27.5. The highest BCUT2D eigenvalue weighted by Gasteiger charge is 2.62. The average Bonchev–Trinajstić information content (AvgIpc) is 3.49. The summed E-state index contributed by atoms with van der Waals surface area (Å²) in [6.45, 7) is 0. The van der Waals surface area contributed by atoms with E-state index in [1.54, 1.807) is 0 Å². The average molecular weight is 1050 g/mol. The van der Waals surface area contributed by atoms with Gasteiger partial charge in [0.05, 0.1) is 0 Å². The van der Waals surface area contributed by atoms with E-state index in [0.717, 1.165) is 23.3 Å². The first kappa shape index (κ1) is 53.3.